The molecule has 2 N–H and O–H groups in total. The number of nitriles is 1. The molecule has 1 aliphatic rings. The van der Waals surface area contributed by atoms with Gasteiger partial charge < -0.3 is 15.4 Å². The summed E-state index contributed by atoms with van der Waals surface area (Å²) in [6, 6.07) is 10.7. The third-order valence-electron chi connectivity index (χ3n) is 4.00. The van der Waals surface area contributed by atoms with E-state index in [0.29, 0.717) is 17.8 Å². The number of hydrogen-bond donors (Lipinski definition) is 2. The van der Waals surface area contributed by atoms with Gasteiger partial charge in [-0.05, 0) is 18.2 Å². The van der Waals surface area contributed by atoms with Gasteiger partial charge in [0.1, 0.15) is 11.8 Å². The summed E-state index contributed by atoms with van der Waals surface area (Å²) in [7, 11) is 0. The highest BCUT2D eigenvalue weighted by Gasteiger charge is 2.12. The third kappa shape index (κ3) is 4.75. The van der Waals surface area contributed by atoms with Crippen molar-refractivity contribution in [2.45, 2.75) is 0 Å². The molecule has 1 aromatic heterocycles. The Kier molecular flexibility index (Phi) is 6.09. The van der Waals surface area contributed by atoms with Crippen molar-refractivity contribution in [1.29, 1.82) is 5.26 Å². The maximum absolute atomic E-state index is 12.3. The molecule has 8 heteroatoms. The van der Waals surface area contributed by atoms with Gasteiger partial charge in [0.05, 0.1) is 24.5 Å². The number of ether oxygens (including phenoxy) is 1. The van der Waals surface area contributed by atoms with Crippen molar-refractivity contribution in [2.75, 3.05) is 44.7 Å². The van der Waals surface area contributed by atoms with Gasteiger partial charge in [0, 0.05) is 32.4 Å². The minimum atomic E-state index is -0.253. The van der Waals surface area contributed by atoms with E-state index in [1.165, 1.54) is 6.20 Å². The normalized spacial score (nSPS) is 14.4. The number of rotatable bonds is 6. The van der Waals surface area contributed by atoms with E-state index in [9.17, 15) is 4.79 Å². The Morgan fingerprint density at radius 3 is 2.88 bits per heavy atom. The summed E-state index contributed by atoms with van der Waals surface area (Å²) in [5.41, 5.74) is 1.36. The zero-order chi connectivity index (χ0) is 18.2. The number of morpholine rings is 1. The zero-order valence-corrected chi connectivity index (χ0v) is 14.3. The molecule has 2 heterocycles. The minimum absolute atomic E-state index is 0.253. The number of aromatic nitrogens is 2. The number of carbonyl (C=O) groups is 1. The second-order valence-corrected chi connectivity index (χ2v) is 5.76. The SMILES string of the molecule is N#Cc1ccccc1Nc1nccc(C(=O)NCCN2CCOCC2)n1. The number of anilines is 2. The Balaban J connectivity index is 1.57. The molecule has 134 valence electrons. The van der Waals surface area contributed by atoms with Crippen LogP contribution in [0.2, 0.25) is 0 Å². The van der Waals surface area contributed by atoms with Crippen LogP contribution in [-0.2, 0) is 4.74 Å². The van der Waals surface area contributed by atoms with E-state index in [2.05, 4.69) is 31.6 Å². The van der Waals surface area contributed by atoms with Crippen LogP contribution in [0.3, 0.4) is 0 Å². The maximum Gasteiger partial charge on any atom is 0.270 e. The van der Waals surface area contributed by atoms with Gasteiger partial charge in [-0.2, -0.15) is 5.26 Å². The summed E-state index contributed by atoms with van der Waals surface area (Å²) < 4.78 is 5.30. The van der Waals surface area contributed by atoms with Gasteiger partial charge in [0.2, 0.25) is 5.95 Å². The van der Waals surface area contributed by atoms with Crippen molar-refractivity contribution in [1.82, 2.24) is 20.2 Å². The smallest absolute Gasteiger partial charge is 0.270 e. The van der Waals surface area contributed by atoms with Crippen LogP contribution in [0.5, 0.6) is 0 Å². The Hall–Kier alpha value is -3.02. The summed E-state index contributed by atoms with van der Waals surface area (Å²) in [4.78, 5) is 22.9. The molecule has 8 nitrogen and oxygen atoms in total. The second-order valence-electron chi connectivity index (χ2n) is 5.76. The van der Waals surface area contributed by atoms with E-state index in [4.69, 9.17) is 10.00 Å². The highest BCUT2D eigenvalue weighted by atomic mass is 16.5. The van der Waals surface area contributed by atoms with Crippen LogP contribution >= 0.6 is 0 Å². The van der Waals surface area contributed by atoms with Gasteiger partial charge in [-0.3, -0.25) is 9.69 Å². The van der Waals surface area contributed by atoms with Crippen molar-refractivity contribution in [3.63, 3.8) is 0 Å². The Morgan fingerprint density at radius 1 is 1.27 bits per heavy atom. The van der Waals surface area contributed by atoms with Crippen molar-refractivity contribution < 1.29 is 9.53 Å². The number of hydrogen-bond acceptors (Lipinski definition) is 7. The molecule has 1 aromatic carbocycles. The molecule has 2 aromatic rings. The van der Waals surface area contributed by atoms with E-state index in [-0.39, 0.29) is 17.5 Å². The third-order valence-corrected chi connectivity index (χ3v) is 4.00. The maximum atomic E-state index is 12.3. The van der Waals surface area contributed by atoms with Gasteiger partial charge in [0.25, 0.3) is 5.91 Å². The lowest BCUT2D eigenvalue weighted by atomic mass is 10.2. The number of carbonyl (C=O) groups excluding carboxylic acids is 1. The molecule has 3 rings (SSSR count). The highest BCUT2D eigenvalue weighted by Crippen LogP contribution is 2.17. The first-order chi connectivity index (χ1) is 12.8. The number of nitrogens with zero attached hydrogens (tertiary/aromatic N) is 4. The first-order valence-electron chi connectivity index (χ1n) is 8.44. The Morgan fingerprint density at radius 2 is 2.08 bits per heavy atom. The van der Waals surface area contributed by atoms with Crippen LogP contribution in [0, 0.1) is 11.3 Å². The molecule has 1 amide bonds. The van der Waals surface area contributed by atoms with E-state index < -0.39 is 0 Å². The van der Waals surface area contributed by atoms with Crippen molar-refractivity contribution in [2.24, 2.45) is 0 Å². The molecule has 0 unspecified atom stereocenters. The van der Waals surface area contributed by atoms with Crippen LogP contribution in [-0.4, -0.2) is 60.2 Å². The summed E-state index contributed by atoms with van der Waals surface area (Å²) in [5, 5.41) is 15.0. The van der Waals surface area contributed by atoms with E-state index in [1.54, 1.807) is 24.3 Å². The molecule has 0 radical (unpaired) electrons. The molecule has 0 bridgehead atoms. The summed E-state index contributed by atoms with van der Waals surface area (Å²) in [6.07, 6.45) is 1.52. The largest absolute Gasteiger partial charge is 0.379 e. The van der Waals surface area contributed by atoms with Crippen LogP contribution < -0.4 is 10.6 Å². The van der Waals surface area contributed by atoms with E-state index in [0.717, 1.165) is 32.8 Å². The number of amides is 1. The lowest BCUT2D eigenvalue weighted by molar-refractivity contribution is 0.0383. The molecule has 1 fully saturated rings. The molecule has 0 atom stereocenters. The minimum Gasteiger partial charge on any atom is -0.379 e. The first kappa shape index (κ1) is 17.8. The highest BCUT2D eigenvalue weighted by molar-refractivity contribution is 5.92. The standard InChI is InChI=1S/C18H20N6O2/c19-13-14-3-1-2-4-15(14)22-18-21-6-5-16(23-18)17(25)20-7-8-24-9-11-26-12-10-24/h1-6H,7-12H2,(H,20,25)(H,21,22,23). The zero-order valence-electron chi connectivity index (χ0n) is 14.3. The number of nitrogens with one attached hydrogen (secondary N) is 2. The number of para-hydroxylation sites is 1. The Bertz CT molecular complexity index is 798. The van der Waals surface area contributed by atoms with Gasteiger partial charge in [-0.25, -0.2) is 9.97 Å². The monoisotopic (exact) mass is 352 g/mol. The van der Waals surface area contributed by atoms with Crippen LogP contribution in [0.25, 0.3) is 0 Å². The topological polar surface area (TPSA) is 103 Å². The predicted octanol–water partition coefficient (Wildman–Crippen LogP) is 1.15. The summed E-state index contributed by atoms with van der Waals surface area (Å²) >= 11 is 0. The lowest BCUT2D eigenvalue weighted by Gasteiger charge is -2.26. The molecule has 0 spiro atoms. The fraction of sp³-hybridized carbons (Fsp3) is 0.333. The molecular weight excluding hydrogens is 332 g/mol. The molecule has 0 aliphatic carbocycles. The fourth-order valence-corrected chi connectivity index (χ4v) is 2.60. The summed E-state index contributed by atoms with van der Waals surface area (Å²) in [6.45, 7) is 4.56. The summed E-state index contributed by atoms with van der Waals surface area (Å²) in [5.74, 6) is 0.0193. The fourth-order valence-electron chi connectivity index (χ4n) is 2.60. The molecule has 1 aliphatic heterocycles. The predicted molar refractivity (Wildman–Crippen MR) is 96.1 cm³/mol. The van der Waals surface area contributed by atoms with Gasteiger partial charge in [-0.15, -0.1) is 0 Å². The quantitative estimate of drug-likeness (QED) is 0.804. The average molecular weight is 352 g/mol. The Labute approximate surface area is 151 Å². The van der Waals surface area contributed by atoms with E-state index in [1.807, 2.05) is 6.07 Å². The van der Waals surface area contributed by atoms with Crippen molar-refractivity contribution in [3.05, 3.63) is 47.8 Å². The molecule has 26 heavy (non-hydrogen) atoms. The van der Waals surface area contributed by atoms with Crippen LogP contribution in [0.15, 0.2) is 36.5 Å². The van der Waals surface area contributed by atoms with Crippen LogP contribution in [0.1, 0.15) is 16.1 Å². The van der Waals surface area contributed by atoms with Crippen LogP contribution in [0.4, 0.5) is 11.6 Å². The van der Waals surface area contributed by atoms with E-state index >= 15 is 0 Å². The van der Waals surface area contributed by atoms with Gasteiger partial charge in [-0.1, -0.05) is 12.1 Å². The van der Waals surface area contributed by atoms with Crippen molar-refractivity contribution >= 4 is 17.5 Å². The van der Waals surface area contributed by atoms with Gasteiger partial charge >= 0.3 is 0 Å². The second kappa shape index (κ2) is 8.89. The molecule has 0 saturated carbocycles. The molecular formula is C18H20N6O2. The van der Waals surface area contributed by atoms with Gasteiger partial charge in [0.15, 0.2) is 0 Å². The molecule has 1 saturated heterocycles. The number of benzene rings is 1. The lowest BCUT2D eigenvalue weighted by Crippen LogP contribution is -2.41. The van der Waals surface area contributed by atoms with Crippen molar-refractivity contribution in [3.8, 4) is 6.07 Å². The first-order valence-corrected chi connectivity index (χ1v) is 8.44. The average Bonchev–Trinajstić information content (AvgIpc) is 2.69.